The van der Waals surface area contributed by atoms with Gasteiger partial charge in [-0.05, 0) is 41.3 Å². The minimum absolute atomic E-state index is 0.102. The van der Waals surface area contributed by atoms with Gasteiger partial charge in [0.1, 0.15) is 5.75 Å². The predicted molar refractivity (Wildman–Crippen MR) is 103 cm³/mol. The Morgan fingerprint density at radius 1 is 0.846 bits per heavy atom. The predicted octanol–water partition coefficient (Wildman–Crippen LogP) is 5.46. The Hall–Kier alpha value is -3.33. The van der Waals surface area contributed by atoms with Crippen molar-refractivity contribution in [3.8, 4) is 5.75 Å². The maximum absolute atomic E-state index is 12.8. The highest BCUT2D eigenvalue weighted by atomic mass is 16.6. The summed E-state index contributed by atoms with van der Waals surface area (Å²) in [6.07, 6.45) is 4.14. The Balaban J connectivity index is 1.65. The lowest BCUT2D eigenvalue weighted by atomic mass is 9.91. The van der Waals surface area contributed by atoms with Crippen LogP contribution in [0.25, 0.3) is 6.08 Å². The smallest absolute Gasteiger partial charge is 0.410 e. The number of nitrogens with zero attached hydrogens (tertiary/aromatic N) is 1. The highest BCUT2D eigenvalue weighted by molar-refractivity contribution is 5.75. The summed E-state index contributed by atoms with van der Waals surface area (Å²) in [5.41, 5.74) is 3.45. The molecule has 0 spiro atoms. The lowest BCUT2D eigenvalue weighted by Crippen LogP contribution is -2.35. The van der Waals surface area contributed by atoms with Crippen molar-refractivity contribution in [3.05, 3.63) is 108 Å². The van der Waals surface area contributed by atoms with Crippen LogP contribution in [-0.4, -0.2) is 11.0 Å². The number of carbonyl (C=O) groups excluding carboxylic acids is 1. The molecule has 3 heteroatoms. The molecule has 0 fully saturated rings. The van der Waals surface area contributed by atoms with E-state index in [0.29, 0.717) is 5.75 Å². The van der Waals surface area contributed by atoms with Crippen molar-refractivity contribution in [1.29, 1.82) is 0 Å². The fourth-order valence-corrected chi connectivity index (χ4v) is 3.26. The molecule has 0 aromatic heterocycles. The minimum atomic E-state index is -0.372. The van der Waals surface area contributed by atoms with Crippen LogP contribution >= 0.6 is 0 Å². The number of carbonyl (C=O) groups is 1. The molecule has 3 aromatic carbocycles. The third-order valence-electron chi connectivity index (χ3n) is 4.54. The molecule has 0 radical (unpaired) electrons. The third-order valence-corrected chi connectivity index (χ3v) is 4.54. The van der Waals surface area contributed by atoms with Crippen LogP contribution in [0.5, 0.6) is 5.75 Å². The molecule has 1 heterocycles. The third kappa shape index (κ3) is 3.38. The number of para-hydroxylation sites is 1. The summed E-state index contributed by atoms with van der Waals surface area (Å²) in [4.78, 5) is 14.5. The van der Waals surface area contributed by atoms with Gasteiger partial charge in [0, 0.05) is 6.20 Å². The van der Waals surface area contributed by atoms with E-state index in [2.05, 4.69) is 24.3 Å². The monoisotopic (exact) mass is 341 g/mol. The number of fused-ring (bicyclic) bond motifs is 1. The second kappa shape index (κ2) is 7.28. The van der Waals surface area contributed by atoms with E-state index in [0.717, 1.165) is 17.5 Å². The van der Waals surface area contributed by atoms with E-state index in [1.54, 1.807) is 17.0 Å². The molecule has 0 bridgehead atoms. The first-order valence-corrected chi connectivity index (χ1v) is 8.67. The van der Waals surface area contributed by atoms with E-state index in [9.17, 15) is 4.79 Å². The van der Waals surface area contributed by atoms with Crippen LogP contribution in [0, 0.1) is 0 Å². The van der Waals surface area contributed by atoms with Crippen LogP contribution < -0.4 is 4.74 Å². The Morgan fingerprint density at radius 3 is 2.27 bits per heavy atom. The van der Waals surface area contributed by atoms with Crippen LogP contribution in [-0.2, 0) is 6.42 Å². The van der Waals surface area contributed by atoms with Crippen molar-refractivity contribution in [2.75, 3.05) is 0 Å². The summed E-state index contributed by atoms with van der Waals surface area (Å²) in [5, 5.41) is 0. The van der Waals surface area contributed by atoms with E-state index < -0.39 is 0 Å². The first-order chi connectivity index (χ1) is 12.8. The Bertz CT molecular complexity index is 919. The van der Waals surface area contributed by atoms with Crippen LogP contribution in [0.15, 0.2) is 91.1 Å². The van der Waals surface area contributed by atoms with Gasteiger partial charge in [-0.25, -0.2) is 4.79 Å². The molecule has 1 unspecified atom stereocenters. The number of hydrogen-bond donors (Lipinski definition) is 0. The van der Waals surface area contributed by atoms with Gasteiger partial charge >= 0.3 is 6.09 Å². The number of amides is 1. The van der Waals surface area contributed by atoms with Crippen molar-refractivity contribution in [2.45, 2.75) is 12.5 Å². The van der Waals surface area contributed by atoms with E-state index >= 15 is 0 Å². The molecule has 0 aliphatic carbocycles. The molecule has 0 saturated heterocycles. The minimum Gasteiger partial charge on any atom is -0.410 e. The van der Waals surface area contributed by atoms with Crippen molar-refractivity contribution < 1.29 is 9.53 Å². The summed E-state index contributed by atoms with van der Waals surface area (Å²) >= 11 is 0. The van der Waals surface area contributed by atoms with Crippen molar-refractivity contribution >= 4 is 12.2 Å². The molecule has 1 aliphatic rings. The van der Waals surface area contributed by atoms with Gasteiger partial charge in [0.15, 0.2) is 0 Å². The van der Waals surface area contributed by atoms with Crippen LogP contribution in [0.2, 0.25) is 0 Å². The SMILES string of the molecule is O=C(Oc1ccccc1)N1C=Cc2ccccc2C1Cc1ccccc1. The number of benzene rings is 3. The molecule has 0 N–H and O–H groups in total. The molecule has 3 aromatic rings. The zero-order valence-corrected chi connectivity index (χ0v) is 14.3. The molecule has 1 atom stereocenters. The molecule has 1 aliphatic heterocycles. The summed E-state index contributed by atoms with van der Waals surface area (Å²) in [7, 11) is 0. The first kappa shape index (κ1) is 16.2. The molecule has 3 nitrogen and oxygen atoms in total. The summed E-state index contributed by atoms with van der Waals surface area (Å²) in [6.45, 7) is 0. The summed E-state index contributed by atoms with van der Waals surface area (Å²) in [5.74, 6) is 0.545. The van der Waals surface area contributed by atoms with Gasteiger partial charge in [-0.1, -0.05) is 72.8 Å². The summed E-state index contributed by atoms with van der Waals surface area (Å²) in [6, 6.07) is 27.5. The Labute approximate surface area is 153 Å². The zero-order valence-electron chi connectivity index (χ0n) is 14.3. The second-order valence-corrected chi connectivity index (χ2v) is 6.24. The maximum Gasteiger partial charge on any atom is 0.419 e. The second-order valence-electron chi connectivity index (χ2n) is 6.24. The van der Waals surface area contributed by atoms with Crippen LogP contribution in [0.3, 0.4) is 0 Å². The van der Waals surface area contributed by atoms with Gasteiger partial charge in [-0.2, -0.15) is 0 Å². The highest BCUT2D eigenvalue weighted by Gasteiger charge is 2.29. The van der Waals surface area contributed by atoms with Gasteiger partial charge in [0.25, 0.3) is 0 Å². The van der Waals surface area contributed by atoms with Gasteiger partial charge < -0.3 is 4.74 Å². The standard InChI is InChI=1S/C23H19NO2/c25-23(26-20-12-5-2-6-13-20)24-16-15-19-11-7-8-14-21(19)22(24)17-18-9-3-1-4-10-18/h1-16,22H,17H2. The molecular formula is C23H19NO2. The molecule has 4 rings (SSSR count). The molecule has 1 amide bonds. The Morgan fingerprint density at radius 2 is 1.50 bits per heavy atom. The topological polar surface area (TPSA) is 29.5 Å². The highest BCUT2D eigenvalue weighted by Crippen LogP contribution is 2.33. The Kier molecular flexibility index (Phi) is 4.52. The number of rotatable bonds is 3. The van der Waals surface area contributed by atoms with Crippen molar-refractivity contribution in [3.63, 3.8) is 0 Å². The molecule has 26 heavy (non-hydrogen) atoms. The first-order valence-electron chi connectivity index (χ1n) is 8.67. The normalized spacial score (nSPS) is 15.4. The molecule has 128 valence electrons. The van der Waals surface area contributed by atoms with E-state index in [1.807, 2.05) is 60.8 Å². The number of ether oxygens (including phenoxy) is 1. The van der Waals surface area contributed by atoms with Crippen molar-refractivity contribution in [1.82, 2.24) is 4.90 Å². The molecular weight excluding hydrogens is 322 g/mol. The lowest BCUT2D eigenvalue weighted by molar-refractivity contribution is 0.154. The average Bonchev–Trinajstić information content (AvgIpc) is 2.70. The maximum atomic E-state index is 12.8. The quantitative estimate of drug-likeness (QED) is 0.633. The summed E-state index contributed by atoms with van der Waals surface area (Å²) < 4.78 is 5.57. The molecule has 0 saturated carbocycles. The number of hydrogen-bond acceptors (Lipinski definition) is 2. The van der Waals surface area contributed by atoms with Gasteiger partial charge in [0.2, 0.25) is 0 Å². The average molecular weight is 341 g/mol. The largest absolute Gasteiger partial charge is 0.419 e. The van der Waals surface area contributed by atoms with E-state index in [4.69, 9.17) is 4.74 Å². The van der Waals surface area contributed by atoms with Crippen LogP contribution in [0.4, 0.5) is 4.79 Å². The van der Waals surface area contributed by atoms with E-state index in [1.165, 1.54) is 5.56 Å². The van der Waals surface area contributed by atoms with Gasteiger partial charge in [-0.3, -0.25) is 4.90 Å². The lowest BCUT2D eigenvalue weighted by Gasteiger charge is -2.32. The fourth-order valence-electron chi connectivity index (χ4n) is 3.26. The van der Waals surface area contributed by atoms with E-state index in [-0.39, 0.29) is 12.1 Å². The zero-order chi connectivity index (χ0) is 17.8. The van der Waals surface area contributed by atoms with Gasteiger partial charge in [-0.15, -0.1) is 0 Å². The van der Waals surface area contributed by atoms with Gasteiger partial charge in [0.05, 0.1) is 6.04 Å². The fraction of sp³-hybridized carbons (Fsp3) is 0.0870. The van der Waals surface area contributed by atoms with Crippen molar-refractivity contribution in [2.24, 2.45) is 0 Å². The van der Waals surface area contributed by atoms with Crippen LogP contribution in [0.1, 0.15) is 22.7 Å².